The van der Waals surface area contributed by atoms with Crippen LogP contribution in [0.3, 0.4) is 0 Å². The third-order valence-corrected chi connectivity index (χ3v) is 9.58. The molecule has 2 aliphatic heterocycles. The monoisotopic (exact) mass is 773 g/mol. The number of carbonyl (C=O) groups is 4. The van der Waals surface area contributed by atoms with Crippen molar-refractivity contribution in [2.45, 2.75) is 91.6 Å². The maximum atomic E-state index is 14.3. The number of piperidine rings is 1. The predicted octanol–water partition coefficient (Wildman–Crippen LogP) is 6.08. The van der Waals surface area contributed by atoms with Crippen molar-refractivity contribution in [2.75, 3.05) is 57.3 Å². The topological polar surface area (TPSA) is 150 Å². The highest BCUT2D eigenvalue weighted by Crippen LogP contribution is 2.30. The minimum absolute atomic E-state index is 0.0190. The number of aromatic nitrogens is 2. The summed E-state index contributed by atoms with van der Waals surface area (Å²) in [6.07, 6.45) is 4.27. The third-order valence-electron chi connectivity index (χ3n) is 9.58. The first-order chi connectivity index (χ1) is 26.4. The fourth-order valence-electron chi connectivity index (χ4n) is 6.86. The Morgan fingerprint density at radius 2 is 1.54 bits per heavy atom. The van der Waals surface area contributed by atoms with Gasteiger partial charge < -0.3 is 39.1 Å². The van der Waals surface area contributed by atoms with E-state index in [4.69, 9.17) is 14.2 Å². The summed E-state index contributed by atoms with van der Waals surface area (Å²) in [7, 11) is 0. The lowest BCUT2D eigenvalue weighted by Gasteiger charge is -2.39. The van der Waals surface area contributed by atoms with Crippen molar-refractivity contribution in [3.8, 4) is 16.9 Å². The van der Waals surface area contributed by atoms with E-state index in [9.17, 15) is 19.2 Å². The second-order valence-electron chi connectivity index (χ2n) is 17.0. The normalized spacial score (nSPS) is 16.6. The molecule has 0 spiro atoms. The Bertz CT molecular complexity index is 1790. The van der Waals surface area contributed by atoms with Crippen molar-refractivity contribution in [2.24, 2.45) is 5.92 Å². The van der Waals surface area contributed by atoms with Crippen LogP contribution in [0.2, 0.25) is 0 Å². The van der Waals surface area contributed by atoms with Crippen LogP contribution in [0.5, 0.6) is 5.75 Å². The zero-order valence-electron chi connectivity index (χ0n) is 34.2. The molecule has 56 heavy (non-hydrogen) atoms. The number of hydrogen-bond acceptors (Lipinski definition) is 9. The summed E-state index contributed by atoms with van der Waals surface area (Å²) < 4.78 is 17.3. The molecule has 4 amide bonds. The largest absolute Gasteiger partial charge is 0.478 e. The van der Waals surface area contributed by atoms with Crippen molar-refractivity contribution in [3.05, 3.63) is 66.5 Å². The molecule has 0 unspecified atom stereocenters. The molecule has 3 aromatic rings. The van der Waals surface area contributed by atoms with E-state index in [1.165, 1.54) is 0 Å². The number of carbonyl (C=O) groups excluding carboxylic acids is 4. The van der Waals surface area contributed by atoms with Crippen molar-refractivity contribution >= 4 is 29.7 Å². The first-order valence-electron chi connectivity index (χ1n) is 19.5. The van der Waals surface area contributed by atoms with Gasteiger partial charge >= 0.3 is 12.2 Å². The summed E-state index contributed by atoms with van der Waals surface area (Å²) in [5, 5.41) is 9.68. The summed E-state index contributed by atoms with van der Waals surface area (Å²) in [6.45, 7) is 18.2. The van der Waals surface area contributed by atoms with Crippen molar-refractivity contribution in [1.29, 1.82) is 0 Å². The van der Waals surface area contributed by atoms with Crippen molar-refractivity contribution in [3.63, 3.8) is 0 Å². The molecule has 2 N–H and O–H groups in total. The molecule has 14 nitrogen and oxygen atoms in total. The molecule has 2 aliphatic rings. The Morgan fingerprint density at radius 3 is 2.18 bits per heavy atom. The van der Waals surface area contributed by atoms with Gasteiger partial charge in [-0.2, -0.15) is 5.10 Å². The van der Waals surface area contributed by atoms with Gasteiger partial charge in [0.15, 0.2) is 5.60 Å². The molecule has 1 aromatic heterocycles. The highest BCUT2D eigenvalue weighted by Gasteiger charge is 2.37. The van der Waals surface area contributed by atoms with Crippen LogP contribution in [0.1, 0.15) is 73.8 Å². The van der Waals surface area contributed by atoms with E-state index in [1.54, 1.807) is 29.8 Å². The van der Waals surface area contributed by atoms with E-state index in [-0.39, 0.29) is 30.4 Å². The van der Waals surface area contributed by atoms with E-state index in [0.717, 1.165) is 41.8 Å². The molecule has 2 saturated heterocycles. The molecule has 0 radical (unpaired) electrons. The number of H-pyrrole nitrogens is 1. The van der Waals surface area contributed by atoms with Gasteiger partial charge in [-0.05, 0) is 91.5 Å². The summed E-state index contributed by atoms with van der Waals surface area (Å²) >= 11 is 0. The van der Waals surface area contributed by atoms with E-state index in [0.29, 0.717) is 51.6 Å². The first-order valence-corrected chi connectivity index (χ1v) is 19.5. The Morgan fingerprint density at radius 1 is 0.857 bits per heavy atom. The van der Waals surface area contributed by atoms with Crippen LogP contribution in [0.4, 0.5) is 15.3 Å². The zero-order chi connectivity index (χ0) is 40.7. The molecule has 0 bridgehead atoms. The fourth-order valence-corrected chi connectivity index (χ4v) is 6.86. The average molecular weight is 774 g/mol. The summed E-state index contributed by atoms with van der Waals surface area (Å²) in [4.78, 5) is 60.3. The number of rotatable bonds is 11. The van der Waals surface area contributed by atoms with Crippen LogP contribution in [0, 0.1) is 5.92 Å². The number of hydrogen-bond donors (Lipinski definition) is 2. The van der Waals surface area contributed by atoms with Crippen molar-refractivity contribution < 1.29 is 33.4 Å². The van der Waals surface area contributed by atoms with Crippen molar-refractivity contribution in [1.82, 2.24) is 30.2 Å². The summed E-state index contributed by atoms with van der Waals surface area (Å²) in [6, 6.07) is 15.7. The van der Waals surface area contributed by atoms with E-state index >= 15 is 0 Å². The fraction of sp³-hybridized carbons (Fsp3) is 0.548. The van der Waals surface area contributed by atoms with Crippen LogP contribution in [0.25, 0.3) is 11.1 Å². The molecule has 3 heterocycles. The SMILES string of the molecule is CC(C)(C)OC(=O)NCCN(Cc1ccc(-c2cn[nH]c2)cc1)C(=O)[C@@H]1CCCN(c2cccc(OC(C)(C)C(=O)N3CCN(C(=O)OC(C)(C)C)CC3)c2)C1. The summed E-state index contributed by atoms with van der Waals surface area (Å²) in [5.41, 5.74) is 1.51. The average Bonchev–Trinajstić information content (AvgIpc) is 3.68. The number of nitrogens with one attached hydrogen (secondary N) is 2. The molecule has 1 atom stereocenters. The van der Waals surface area contributed by atoms with Gasteiger partial charge in [-0.1, -0.05) is 30.3 Å². The number of benzene rings is 2. The van der Waals surface area contributed by atoms with E-state index < -0.39 is 22.9 Å². The van der Waals surface area contributed by atoms with Gasteiger partial charge in [0.25, 0.3) is 5.91 Å². The number of ether oxygens (including phenoxy) is 3. The van der Waals surface area contributed by atoms with Crippen LogP contribution < -0.4 is 15.0 Å². The van der Waals surface area contributed by atoms with Crippen LogP contribution in [0.15, 0.2) is 60.9 Å². The number of nitrogens with zero attached hydrogens (tertiary/aromatic N) is 5. The van der Waals surface area contributed by atoms with Gasteiger partial charge in [-0.25, -0.2) is 9.59 Å². The van der Waals surface area contributed by atoms with E-state index in [2.05, 4.69) is 20.4 Å². The molecule has 2 fully saturated rings. The van der Waals surface area contributed by atoms with Gasteiger partial charge in [0, 0.05) is 82.4 Å². The number of aromatic amines is 1. The quantitative estimate of drug-likeness (QED) is 0.236. The second-order valence-corrected chi connectivity index (χ2v) is 17.0. The Labute approximate surface area is 330 Å². The van der Waals surface area contributed by atoms with Crippen LogP contribution >= 0.6 is 0 Å². The molecule has 2 aromatic carbocycles. The lowest BCUT2D eigenvalue weighted by molar-refractivity contribution is -0.147. The highest BCUT2D eigenvalue weighted by molar-refractivity contribution is 5.85. The molecule has 5 rings (SSSR count). The molecule has 0 saturated carbocycles. The van der Waals surface area contributed by atoms with Crippen LogP contribution in [-0.4, -0.2) is 118 Å². The minimum Gasteiger partial charge on any atom is -0.478 e. The van der Waals surface area contributed by atoms with E-state index in [1.807, 2.05) is 101 Å². The number of piperazine rings is 1. The minimum atomic E-state index is -1.16. The maximum Gasteiger partial charge on any atom is 0.410 e. The smallest absolute Gasteiger partial charge is 0.410 e. The molecular weight excluding hydrogens is 715 g/mol. The Balaban J connectivity index is 1.22. The molecule has 14 heteroatoms. The molecular formula is C42H59N7O7. The van der Waals surface area contributed by atoms with Gasteiger partial charge in [-0.15, -0.1) is 0 Å². The lowest BCUT2D eigenvalue weighted by atomic mass is 9.95. The highest BCUT2D eigenvalue weighted by atomic mass is 16.6. The second kappa shape index (κ2) is 17.7. The molecule has 0 aliphatic carbocycles. The van der Waals surface area contributed by atoms with Gasteiger partial charge in [0.1, 0.15) is 17.0 Å². The maximum absolute atomic E-state index is 14.3. The van der Waals surface area contributed by atoms with Gasteiger partial charge in [0.05, 0.1) is 12.1 Å². The number of amides is 4. The summed E-state index contributed by atoms with van der Waals surface area (Å²) in [5.74, 6) is 0.145. The van der Waals surface area contributed by atoms with Gasteiger partial charge in [0.2, 0.25) is 5.91 Å². The third kappa shape index (κ3) is 11.9. The van der Waals surface area contributed by atoms with Crippen LogP contribution in [-0.2, 0) is 25.6 Å². The number of anilines is 1. The van der Waals surface area contributed by atoms with Gasteiger partial charge in [-0.3, -0.25) is 14.7 Å². The lowest BCUT2D eigenvalue weighted by Crippen LogP contribution is -2.57. The predicted molar refractivity (Wildman–Crippen MR) is 214 cm³/mol. The zero-order valence-corrected chi connectivity index (χ0v) is 34.2. The Hall–Kier alpha value is -5.27. The number of alkyl carbamates (subject to hydrolysis) is 1. The standard InChI is InChI=1S/C42H59N7O7/c1-40(2,3)55-38(52)43-18-20-49(28-30-14-16-31(17-15-30)33-26-44-45-27-33)36(50)32-11-10-19-48(29-32)34-12-9-13-35(25-34)54-42(7,8)37(51)46-21-23-47(24-22-46)39(53)56-41(4,5)6/h9,12-17,25-27,32H,10-11,18-24,28-29H2,1-8H3,(H,43,52)(H,44,45)/t32-/m1/s1. The Kier molecular flexibility index (Phi) is 13.2. The molecule has 304 valence electrons. The first kappa shape index (κ1) is 41.9.